The van der Waals surface area contributed by atoms with Crippen molar-refractivity contribution in [2.75, 3.05) is 6.61 Å². The largest absolute Gasteiger partial charge is 0.508 e. The maximum atomic E-state index is 11.7. The molecule has 0 aliphatic carbocycles. The molecular weight excluding hydrogens is 278 g/mol. The summed E-state index contributed by atoms with van der Waals surface area (Å²) in [7, 11) is 0. The highest BCUT2D eigenvalue weighted by atomic mass is 16.5. The molecule has 1 aromatic heterocycles. The van der Waals surface area contributed by atoms with E-state index >= 15 is 0 Å². The second-order valence-electron chi connectivity index (χ2n) is 4.93. The SMILES string of the molecule is CCOC(=O)C(C)[n+]1ccc(/C=C/c2ccc(O)cc2)cc1. The second-order valence-corrected chi connectivity index (χ2v) is 4.93. The van der Waals surface area contributed by atoms with Crippen molar-refractivity contribution < 1.29 is 19.2 Å². The van der Waals surface area contributed by atoms with Gasteiger partial charge in [-0.25, -0.2) is 4.79 Å². The molecule has 1 heterocycles. The number of carbonyl (C=O) groups excluding carboxylic acids is 1. The Morgan fingerprint density at radius 3 is 2.23 bits per heavy atom. The molecule has 1 aromatic carbocycles. The molecule has 1 N–H and O–H groups in total. The minimum atomic E-state index is -0.338. The number of nitrogens with zero attached hydrogens (tertiary/aromatic N) is 1. The van der Waals surface area contributed by atoms with Gasteiger partial charge in [0, 0.05) is 19.1 Å². The molecule has 114 valence electrons. The van der Waals surface area contributed by atoms with Crippen LogP contribution in [-0.4, -0.2) is 17.7 Å². The molecular formula is C18H20NO3+. The lowest BCUT2D eigenvalue weighted by molar-refractivity contribution is -0.707. The lowest BCUT2D eigenvalue weighted by atomic mass is 10.1. The summed E-state index contributed by atoms with van der Waals surface area (Å²) in [6.07, 6.45) is 7.66. The van der Waals surface area contributed by atoms with E-state index in [9.17, 15) is 9.90 Å². The molecule has 1 unspecified atom stereocenters. The Hall–Kier alpha value is -2.62. The standard InChI is InChI=1S/C18H19NO3/c1-3-22-18(21)14(2)19-12-10-16(11-13-19)5-4-15-6-8-17(20)9-7-15/h4-14H,3H2,1-2H3/p+1. The number of hydrogen-bond donors (Lipinski definition) is 1. The van der Waals surface area contributed by atoms with Crippen molar-refractivity contribution in [3.05, 3.63) is 59.9 Å². The van der Waals surface area contributed by atoms with Crippen LogP contribution in [0.5, 0.6) is 5.75 Å². The van der Waals surface area contributed by atoms with Gasteiger partial charge in [-0.1, -0.05) is 24.3 Å². The zero-order valence-corrected chi connectivity index (χ0v) is 12.8. The molecule has 0 saturated carbocycles. The number of phenols is 1. The van der Waals surface area contributed by atoms with Gasteiger partial charge < -0.3 is 9.84 Å². The van der Waals surface area contributed by atoms with Crippen LogP contribution in [0.25, 0.3) is 12.2 Å². The molecule has 1 atom stereocenters. The first kappa shape index (κ1) is 15.8. The summed E-state index contributed by atoms with van der Waals surface area (Å²) < 4.78 is 6.82. The van der Waals surface area contributed by atoms with E-state index in [1.165, 1.54) is 0 Å². The average molecular weight is 298 g/mol. The van der Waals surface area contributed by atoms with Gasteiger partial charge in [0.1, 0.15) is 5.75 Å². The smallest absolute Gasteiger partial charge is 0.375 e. The molecule has 22 heavy (non-hydrogen) atoms. The van der Waals surface area contributed by atoms with Crippen LogP contribution in [0.4, 0.5) is 0 Å². The van der Waals surface area contributed by atoms with Gasteiger partial charge >= 0.3 is 5.97 Å². The second kappa shape index (κ2) is 7.41. The van der Waals surface area contributed by atoms with Crippen LogP contribution in [0.3, 0.4) is 0 Å². The number of carbonyl (C=O) groups is 1. The van der Waals surface area contributed by atoms with Gasteiger partial charge in [-0.3, -0.25) is 0 Å². The third kappa shape index (κ3) is 4.19. The molecule has 0 fully saturated rings. The number of esters is 1. The molecule has 2 rings (SSSR count). The molecule has 0 amide bonds. The summed E-state index contributed by atoms with van der Waals surface area (Å²) in [5, 5.41) is 9.24. The van der Waals surface area contributed by atoms with Crippen molar-refractivity contribution >= 4 is 18.1 Å². The van der Waals surface area contributed by atoms with Crippen LogP contribution in [0.15, 0.2) is 48.8 Å². The van der Waals surface area contributed by atoms with Gasteiger partial charge in [-0.2, -0.15) is 4.57 Å². The Labute approximate surface area is 130 Å². The van der Waals surface area contributed by atoms with E-state index < -0.39 is 0 Å². The number of pyridine rings is 1. The van der Waals surface area contributed by atoms with Crippen molar-refractivity contribution in [2.24, 2.45) is 0 Å². The van der Waals surface area contributed by atoms with E-state index in [1.54, 1.807) is 19.1 Å². The first-order valence-electron chi connectivity index (χ1n) is 7.24. The van der Waals surface area contributed by atoms with E-state index in [-0.39, 0.29) is 17.8 Å². The summed E-state index contributed by atoms with van der Waals surface area (Å²) in [6.45, 7) is 3.99. The first-order chi connectivity index (χ1) is 10.6. The van der Waals surface area contributed by atoms with Gasteiger partial charge in [0.2, 0.25) is 0 Å². The highest BCUT2D eigenvalue weighted by molar-refractivity contribution is 5.72. The lowest BCUT2D eigenvalue weighted by Gasteiger charge is -2.06. The molecule has 0 bridgehead atoms. The predicted octanol–water partition coefficient (Wildman–Crippen LogP) is 2.97. The number of phenolic OH excluding ortho intramolecular Hbond substituents is 1. The molecule has 0 spiro atoms. The first-order valence-corrected chi connectivity index (χ1v) is 7.24. The van der Waals surface area contributed by atoms with Gasteiger partial charge in [0.25, 0.3) is 6.04 Å². The Morgan fingerprint density at radius 1 is 1.14 bits per heavy atom. The Bertz CT molecular complexity index is 645. The Morgan fingerprint density at radius 2 is 1.68 bits per heavy atom. The van der Waals surface area contributed by atoms with E-state index in [0.717, 1.165) is 11.1 Å². The Kier molecular flexibility index (Phi) is 5.31. The van der Waals surface area contributed by atoms with E-state index in [1.807, 2.05) is 60.3 Å². The monoisotopic (exact) mass is 298 g/mol. The minimum absolute atomic E-state index is 0.236. The number of rotatable bonds is 5. The van der Waals surface area contributed by atoms with Crippen LogP contribution in [0.1, 0.15) is 31.0 Å². The lowest BCUT2D eigenvalue weighted by Crippen LogP contribution is -2.42. The Balaban J connectivity index is 2.05. The summed E-state index contributed by atoms with van der Waals surface area (Å²) >= 11 is 0. The summed E-state index contributed by atoms with van der Waals surface area (Å²) in [4.78, 5) is 11.7. The minimum Gasteiger partial charge on any atom is -0.508 e. The molecule has 4 heteroatoms. The summed E-state index contributed by atoms with van der Waals surface area (Å²) in [5.41, 5.74) is 2.04. The van der Waals surface area contributed by atoms with Crippen LogP contribution in [-0.2, 0) is 9.53 Å². The van der Waals surface area contributed by atoms with Crippen LogP contribution < -0.4 is 4.57 Å². The fourth-order valence-electron chi connectivity index (χ4n) is 1.98. The van der Waals surface area contributed by atoms with E-state index in [4.69, 9.17) is 4.74 Å². The zero-order chi connectivity index (χ0) is 15.9. The number of aromatic hydroxyl groups is 1. The fraction of sp³-hybridized carbons (Fsp3) is 0.222. The van der Waals surface area contributed by atoms with Crippen molar-refractivity contribution in [3.63, 3.8) is 0 Å². The highest BCUT2D eigenvalue weighted by Gasteiger charge is 2.22. The normalized spacial score (nSPS) is 12.3. The predicted molar refractivity (Wildman–Crippen MR) is 85.0 cm³/mol. The molecule has 4 nitrogen and oxygen atoms in total. The van der Waals surface area contributed by atoms with Crippen molar-refractivity contribution in [1.29, 1.82) is 0 Å². The molecule has 2 aromatic rings. The number of ether oxygens (including phenoxy) is 1. The average Bonchev–Trinajstić information content (AvgIpc) is 2.54. The van der Waals surface area contributed by atoms with Gasteiger partial charge in [-0.05, 0) is 30.2 Å². The van der Waals surface area contributed by atoms with Gasteiger partial charge in [0.15, 0.2) is 12.4 Å². The van der Waals surface area contributed by atoms with Crippen LogP contribution in [0.2, 0.25) is 0 Å². The van der Waals surface area contributed by atoms with Crippen molar-refractivity contribution in [3.8, 4) is 5.75 Å². The maximum Gasteiger partial charge on any atom is 0.375 e. The third-order valence-corrected chi connectivity index (χ3v) is 3.31. The van der Waals surface area contributed by atoms with Crippen molar-refractivity contribution in [1.82, 2.24) is 0 Å². The topological polar surface area (TPSA) is 50.4 Å². The fourth-order valence-corrected chi connectivity index (χ4v) is 1.98. The summed E-state index contributed by atoms with van der Waals surface area (Å²) in [6, 6.07) is 10.5. The van der Waals surface area contributed by atoms with E-state index in [0.29, 0.717) is 6.61 Å². The zero-order valence-electron chi connectivity index (χ0n) is 12.8. The molecule has 0 aliphatic rings. The van der Waals surface area contributed by atoms with Crippen LogP contribution in [0, 0.1) is 0 Å². The van der Waals surface area contributed by atoms with Gasteiger partial charge in [0.05, 0.1) is 6.61 Å². The summed E-state index contributed by atoms with van der Waals surface area (Å²) in [5.74, 6) is 0.0192. The quantitative estimate of drug-likeness (QED) is 0.682. The van der Waals surface area contributed by atoms with Crippen LogP contribution >= 0.6 is 0 Å². The molecule has 0 radical (unpaired) electrons. The molecule has 0 saturated heterocycles. The van der Waals surface area contributed by atoms with Crippen molar-refractivity contribution in [2.45, 2.75) is 19.9 Å². The highest BCUT2D eigenvalue weighted by Crippen LogP contribution is 2.12. The number of aromatic nitrogens is 1. The van der Waals surface area contributed by atoms with E-state index in [2.05, 4.69) is 0 Å². The molecule has 0 aliphatic heterocycles. The number of benzene rings is 1. The number of hydrogen-bond acceptors (Lipinski definition) is 3. The third-order valence-electron chi connectivity index (χ3n) is 3.31. The maximum absolute atomic E-state index is 11.7. The van der Waals surface area contributed by atoms with Gasteiger partial charge in [-0.15, -0.1) is 0 Å².